The van der Waals surface area contributed by atoms with Crippen LogP contribution in [0.15, 0.2) is 66.3 Å². The van der Waals surface area contributed by atoms with E-state index in [1.54, 1.807) is 14.0 Å². The summed E-state index contributed by atoms with van der Waals surface area (Å²) in [5.74, 6) is -5.25. The second-order valence-electron chi connectivity index (χ2n) is 13.5. The number of methoxy groups -OCH3 is 2. The minimum absolute atomic E-state index is 0.0658. The third-order valence-corrected chi connectivity index (χ3v) is 9.57. The fraction of sp³-hybridized carbons (Fsp3) is 0.590. The van der Waals surface area contributed by atoms with Gasteiger partial charge in [-0.15, -0.1) is 0 Å². The van der Waals surface area contributed by atoms with Crippen molar-refractivity contribution in [3.63, 3.8) is 0 Å². The van der Waals surface area contributed by atoms with Crippen molar-refractivity contribution >= 4 is 23.4 Å². The number of ketones is 2. The van der Waals surface area contributed by atoms with E-state index in [0.717, 1.165) is 24.0 Å². The number of Topliss-reactive ketones (excluding diaryl/α,β-unsaturated/α-hetero) is 2. The molecule has 1 aromatic carbocycles. The molecule has 2 fully saturated rings. The molecule has 0 aliphatic carbocycles. The fourth-order valence-electron chi connectivity index (χ4n) is 6.42. The first kappa shape index (κ1) is 40.0. The van der Waals surface area contributed by atoms with Gasteiger partial charge in [0.2, 0.25) is 5.79 Å². The van der Waals surface area contributed by atoms with Gasteiger partial charge in [0, 0.05) is 39.0 Å². The Morgan fingerprint density at radius 3 is 2.47 bits per heavy atom. The molecular weight excluding hydrogens is 626 g/mol. The molecule has 2 aliphatic heterocycles. The van der Waals surface area contributed by atoms with E-state index in [9.17, 15) is 24.3 Å². The van der Waals surface area contributed by atoms with Gasteiger partial charge in [-0.05, 0) is 62.5 Å². The lowest BCUT2D eigenvalue weighted by Gasteiger charge is -2.42. The maximum Gasteiger partial charge on any atom is 0.329 e. The van der Waals surface area contributed by atoms with Crippen LogP contribution in [0.25, 0.3) is 0 Å². The molecule has 1 amide bonds. The van der Waals surface area contributed by atoms with E-state index in [1.165, 1.54) is 12.0 Å². The molecule has 0 radical (unpaired) electrons. The van der Waals surface area contributed by atoms with Crippen LogP contribution in [0.2, 0.25) is 0 Å². The number of hydrogen-bond donors (Lipinski definition) is 1. The smallest absolute Gasteiger partial charge is 0.329 e. The SMILES string of the molecule is COCC(=O)[C@H](C)C[C@H](C)/C=C/C=C/C=C(\C)[C@H](C[C@@H]1CC[C@@H](C)[C@](O)(C(=O)C(=O)N2CCCCC2C(=O)OCc2ccccc2)O1)OC. The minimum atomic E-state index is -2.32. The number of esters is 1. The molecule has 0 aromatic heterocycles. The van der Waals surface area contributed by atoms with Gasteiger partial charge in [0.05, 0.1) is 12.2 Å². The number of ether oxygens (including phenoxy) is 4. The molecule has 10 heteroatoms. The molecule has 0 spiro atoms. The number of likely N-dealkylation sites (tertiary alicyclic amines) is 1. The second kappa shape index (κ2) is 19.7. The number of piperidine rings is 1. The molecule has 2 aliphatic rings. The van der Waals surface area contributed by atoms with Gasteiger partial charge in [0.1, 0.15) is 19.3 Å². The van der Waals surface area contributed by atoms with Gasteiger partial charge >= 0.3 is 5.97 Å². The molecule has 1 aromatic rings. The van der Waals surface area contributed by atoms with Crippen LogP contribution < -0.4 is 0 Å². The van der Waals surface area contributed by atoms with Crippen LogP contribution in [-0.4, -0.2) is 84.9 Å². The molecule has 49 heavy (non-hydrogen) atoms. The lowest BCUT2D eigenvalue weighted by molar-refractivity contribution is -0.265. The van der Waals surface area contributed by atoms with Crippen LogP contribution in [0.1, 0.15) is 78.2 Å². The van der Waals surface area contributed by atoms with Crippen molar-refractivity contribution in [2.24, 2.45) is 17.8 Å². The fourth-order valence-corrected chi connectivity index (χ4v) is 6.42. The van der Waals surface area contributed by atoms with Gasteiger partial charge in [-0.25, -0.2) is 4.79 Å². The van der Waals surface area contributed by atoms with Gasteiger partial charge in [-0.2, -0.15) is 0 Å². The largest absolute Gasteiger partial charge is 0.459 e. The summed E-state index contributed by atoms with van der Waals surface area (Å²) in [6.45, 7) is 8.03. The Balaban J connectivity index is 1.60. The standard InChI is InChI=1S/C39H55NO9/c1-27(23-29(3)34(41)26-46-5)15-9-7-10-16-28(2)35(47-6)24-32-21-20-30(4)39(45,49-32)36(42)37(43)40-22-14-13-19-33(40)38(44)48-25-31-17-11-8-12-18-31/h7-12,15-18,27,29-30,32-33,35,45H,13-14,19-26H2,1-6H3/b10-7+,15-9+,28-16+/t27-,29-,30-,32+,33?,35+,39-/m1/s1. The number of rotatable bonds is 17. The van der Waals surface area contributed by atoms with Crippen LogP contribution in [0.5, 0.6) is 0 Å². The summed E-state index contributed by atoms with van der Waals surface area (Å²) in [7, 11) is 3.12. The average molecular weight is 682 g/mol. The highest BCUT2D eigenvalue weighted by atomic mass is 16.6. The van der Waals surface area contributed by atoms with Crippen molar-refractivity contribution in [3.05, 3.63) is 71.8 Å². The molecule has 2 saturated heterocycles. The minimum Gasteiger partial charge on any atom is -0.459 e. The number of allylic oxidation sites excluding steroid dienone is 5. The highest BCUT2D eigenvalue weighted by Gasteiger charge is 2.52. The van der Waals surface area contributed by atoms with Gasteiger partial charge in [-0.1, -0.05) is 81.5 Å². The Bertz CT molecular complexity index is 1340. The molecule has 2 heterocycles. The number of nitrogens with zero attached hydrogens (tertiary/aromatic N) is 1. The summed E-state index contributed by atoms with van der Waals surface area (Å²) in [4.78, 5) is 53.6. The van der Waals surface area contributed by atoms with Gasteiger partial charge in [0.25, 0.3) is 11.7 Å². The number of benzene rings is 1. The van der Waals surface area contributed by atoms with Crippen molar-refractivity contribution in [3.8, 4) is 0 Å². The Kier molecular flexibility index (Phi) is 16.1. The second-order valence-corrected chi connectivity index (χ2v) is 13.5. The van der Waals surface area contributed by atoms with Gasteiger partial charge in [0.15, 0.2) is 5.78 Å². The van der Waals surface area contributed by atoms with Crippen molar-refractivity contribution in [1.29, 1.82) is 0 Å². The first-order valence-electron chi connectivity index (χ1n) is 17.4. The van der Waals surface area contributed by atoms with E-state index >= 15 is 0 Å². The van der Waals surface area contributed by atoms with Crippen molar-refractivity contribution in [2.45, 2.75) is 103 Å². The van der Waals surface area contributed by atoms with E-state index < -0.39 is 41.5 Å². The molecule has 270 valence electrons. The van der Waals surface area contributed by atoms with E-state index in [-0.39, 0.29) is 43.5 Å². The topological polar surface area (TPSA) is 129 Å². The van der Waals surface area contributed by atoms with E-state index in [1.807, 2.05) is 68.5 Å². The zero-order valence-electron chi connectivity index (χ0n) is 30.0. The maximum atomic E-state index is 13.7. The Labute approximate surface area is 291 Å². The monoisotopic (exact) mass is 681 g/mol. The summed E-state index contributed by atoms with van der Waals surface area (Å²) >= 11 is 0. The maximum absolute atomic E-state index is 13.7. The highest BCUT2D eigenvalue weighted by molar-refractivity contribution is 6.39. The zero-order chi connectivity index (χ0) is 36.0. The van der Waals surface area contributed by atoms with Crippen LogP contribution in [-0.2, 0) is 44.7 Å². The molecule has 3 rings (SSSR count). The first-order chi connectivity index (χ1) is 23.4. The molecule has 1 N–H and O–H groups in total. The molecular formula is C39H55NO9. The van der Waals surface area contributed by atoms with Crippen molar-refractivity contribution in [2.75, 3.05) is 27.4 Å². The van der Waals surface area contributed by atoms with Crippen LogP contribution >= 0.6 is 0 Å². The third kappa shape index (κ3) is 11.6. The molecule has 7 atom stereocenters. The number of carbonyl (C=O) groups excluding carboxylic acids is 4. The Morgan fingerprint density at radius 1 is 1.04 bits per heavy atom. The first-order valence-corrected chi connectivity index (χ1v) is 17.4. The van der Waals surface area contributed by atoms with Crippen LogP contribution in [0, 0.1) is 17.8 Å². The van der Waals surface area contributed by atoms with E-state index in [2.05, 4.69) is 13.0 Å². The van der Waals surface area contributed by atoms with Crippen molar-refractivity contribution in [1.82, 2.24) is 4.90 Å². The number of carbonyl (C=O) groups is 4. The van der Waals surface area contributed by atoms with Gasteiger partial charge < -0.3 is 29.0 Å². The average Bonchev–Trinajstić information content (AvgIpc) is 3.10. The zero-order valence-corrected chi connectivity index (χ0v) is 30.0. The Hall–Kier alpha value is -3.44. The molecule has 10 nitrogen and oxygen atoms in total. The lowest BCUT2D eigenvalue weighted by atomic mass is 9.85. The van der Waals surface area contributed by atoms with Gasteiger partial charge in [-0.3, -0.25) is 14.4 Å². The predicted molar refractivity (Wildman–Crippen MR) is 186 cm³/mol. The molecule has 0 bridgehead atoms. The summed E-state index contributed by atoms with van der Waals surface area (Å²) < 4.78 is 22.3. The number of amides is 1. The molecule has 1 unspecified atom stereocenters. The normalized spacial score (nSPS) is 25.2. The van der Waals surface area contributed by atoms with E-state index in [4.69, 9.17) is 18.9 Å². The molecule has 0 saturated carbocycles. The third-order valence-electron chi connectivity index (χ3n) is 9.57. The Morgan fingerprint density at radius 2 is 1.78 bits per heavy atom. The quantitative estimate of drug-likeness (QED) is 0.128. The summed E-state index contributed by atoms with van der Waals surface area (Å²) in [6, 6.07) is 8.35. The van der Waals surface area contributed by atoms with E-state index in [0.29, 0.717) is 32.1 Å². The summed E-state index contributed by atoms with van der Waals surface area (Å²) in [5.41, 5.74) is 1.75. The number of aliphatic hydroxyl groups is 1. The number of hydrogen-bond acceptors (Lipinski definition) is 9. The summed E-state index contributed by atoms with van der Waals surface area (Å²) in [5, 5.41) is 11.6. The summed E-state index contributed by atoms with van der Waals surface area (Å²) in [6.07, 6.45) is 12.8. The van der Waals surface area contributed by atoms with Crippen molar-refractivity contribution < 1.29 is 43.2 Å². The lowest BCUT2D eigenvalue weighted by Crippen LogP contribution is -2.60. The van der Waals surface area contributed by atoms with Crippen LogP contribution in [0.3, 0.4) is 0 Å². The van der Waals surface area contributed by atoms with Crippen LogP contribution in [0.4, 0.5) is 0 Å². The predicted octanol–water partition coefficient (Wildman–Crippen LogP) is 5.53. The highest BCUT2D eigenvalue weighted by Crippen LogP contribution is 2.36.